The Balaban J connectivity index is 0. The topological polar surface area (TPSA) is 63.0 Å². The van der Waals surface area contributed by atoms with E-state index in [1.807, 2.05) is 0 Å². The van der Waals surface area contributed by atoms with Crippen molar-refractivity contribution in [1.82, 2.24) is 0 Å². The third-order valence-corrected chi connectivity index (χ3v) is 0. The fourth-order valence-electron chi connectivity index (χ4n) is 0. The molecule has 0 radical (unpaired) electrons. The number of halogens is 4. The molecule has 0 spiro atoms. The maximum Gasteiger partial charge on any atom is 2.00 e. The van der Waals surface area contributed by atoms with Gasteiger partial charge in [-0.2, -0.15) is 0 Å². The number of rotatable bonds is 0. The third kappa shape index (κ3) is 82.7. The van der Waals surface area contributed by atoms with Crippen molar-refractivity contribution in [3.63, 3.8) is 0 Å². The van der Waals surface area contributed by atoms with Crippen LogP contribution in [0, 0.1) is 0 Å². The predicted molar refractivity (Wildman–Crippen MR) is 7.23 cm³/mol. The van der Waals surface area contributed by atoms with Crippen molar-refractivity contribution in [2.75, 3.05) is 0 Å². The molecule has 0 bridgehead atoms. The Kier molecular flexibility index (Phi) is 2750. The van der Waals surface area contributed by atoms with E-state index in [2.05, 4.69) is 0 Å². The van der Waals surface area contributed by atoms with Crippen molar-refractivity contribution >= 4 is 0 Å². The van der Waals surface area contributed by atoms with Crippen molar-refractivity contribution < 1.29 is 81.6 Å². The molecule has 52 valence electrons. The maximum absolute atomic E-state index is 0. The molecule has 7 heteroatoms. The zero-order valence-corrected chi connectivity index (χ0v) is 7.95. The van der Waals surface area contributed by atoms with Gasteiger partial charge in [0, 0.05) is 0 Å². The Morgan fingerprint density at radius 2 is 0.429 bits per heavy atom. The fraction of sp³-hybridized carbons (Fsp3) is 0. The van der Waals surface area contributed by atoms with Gasteiger partial charge in [-0.1, -0.05) is 0 Å². The van der Waals surface area contributed by atoms with Crippen molar-refractivity contribution in [2.45, 2.75) is 0 Å². The second-order valence-electron chi connectivity index (χ2n) is 0. The van der Waals surface area contributed by atoms with Crippen LogP contribution in [-0.4, -0.2) is 11.0 Å². The van der Waals surface area contributed by atoms with Gasteiger partial charge in [0.1, 0.15) is 0 Å². The van der Waals surface area contributed by atoms with E-state index in [1.54, 1.807) is 0 Å². The Morgan fingerprint density at radius 3 is 0.429 bits per heavy atom. The molecule has 0 aromatic rings. The fourth-order valence-corrected chi connectivity index (χ4v) is 0. The summed E-state index contributed by atoms with van der Waals surface area (Å²) in [4.78, 5) is 0. The summed E-state index contributed by atoms with van der Waals surface area (Å²) >= 11 is 0. The van der Waals surface area contributed by atoms with Crippen LogP contribution in [0.1, 0.15) is 0 Å². The van der Waals surface area contributed by atoms with Crippen LogP contribution >= 0.6 is 0 Å². The first-order chi connectivity index (χ1) is 0. The van der Waals surface area contributed by atoms with Crippen LogP contribution in [-0.2, 0) is 21.1 Å². The Morgan fingerprint density at radius 1 is 0.429 bits per heavy atom. The Labute approximate surface area is 81.3 Å². The molecule has 0 aromatic heterocycles. The van der Waals surface area contributed by atoms with E-state index in [1.165, 1.54) is 0 Å². The van der Waals surface area contributed by atoms with Gasteiger partial charge in [-0.15, -0.1) is 0 Å². The van der Waals surface area contributed by atoms with E-state index in [0.29, 0.717) is 0 Å². The first-order valence-corrected chi connectivity index (χ1v) is 0. The summed E-state index contributed by atoms with van der Waals surface area (Å²) in [5.74, 6) is 0. The van der Waals surface area contributed by atoms with Gasteiger partial charge >= 0.3 is 21.1 Å². The molecule has 0 aliphatic rings. The molecule has 0 fully saturated rings. The largest absolute Gasteiger partial charge is 2.00 e. The van der Waals surface area contributed by atoms with Crippen LogP contribution in [0.4, 0.5) is 0 Å². The normalized spacial score (nSPS) is 0. The summed E-state index contributed by atoms with van der Waals surface area (Å²) in [6.07, 6.45) is 0. The monoisotopic (exact) mass is 274 g/mol. The van der Waals surface area contributed by atoms with E-state index >= 15 is 0 Å². The van der Waals surface area contributed by atoms with Crippen molar-refractivity contribution in [3.8, 4) is 0 Å². The second-order valence-corrected chi connectivity index (χ2v) is 0. The minimum absolute atomic E-state index is 0. The molecule has 0 aliphatic heterocycles. The molecule has 0 saturated carbocycles. The van der Waals surface area contributed by atoms with Gasteiger partial charge in [-0.05, 0) is 0 Å². The van der Waals surface area contributed by atoms with Crippen LogP contribution in [0.2, 0.25) is 0 Å². The summed E-state index contributed by atoms with van der Waals surface area (Å²) in [5.41, 5.74) is 0. The molecule has 0 heterocycles. The minimum Gasteiger partial charge on any atom is -1.00 e. The minimum atomic E-state index is 0. The van der Waals surface area contributed by atoms with Gasteiger partial charge in [0.15, 0.2) is 0 Å². The van der Waals surface area contributed by atoms with E-state index in [0.717, 1.165) is 0 Å². The van der Waals surface area contributed by atoms with Gasteiger partial charge in [0.2, 0.25) is 0 Å². The second kappa shape index (κ2) is 114. The van der Waals surface area contributed by atoms with Crippen LogP contribution in [0.15, 0.2) is 0 Å². The summed E-state index contributed by atoms with van der Waals surface area (Å²) in [6.45, 7) is 0. The van der Waals surface area contributed by atoms with Gasteiger partial charge < -0.3 is 60.6 Å². The molecule has 0 aromatic carbocycles. The van der Waals surface area contributed by atoms with Gasteiger partial charge in [0.25, 0.3) is 0 Å². The molecule has 0 aliphatic carbocycles. The molecule has 0 atom stereocenters. The molecule has 2 nitrogen and oxygen atoms in total. The average Bonchev–Trinajstić information content (AvgIpc) is 0. The first kappa shape index (κ1) is 169. The summed E-state index contributed by atoms with van der Waals surface area (Å²) < 4.78 is 0. The van der Waals surface area contributed by atoms with Gasteiger partial charge in [-0.3, -0.25) is 0 Å². The molecule has 0 unspecified atom stereocenters. The third-order valence-electron chi connectivity index (χ3n) is 0. The van der Waals surface area contributed by atoms with Crippen LogP contribution in [0.25, 0.3) is 0 Å². The molecular formula is H4Cl4MoO2-2. The smallest absolute Gasteiger partial charge is 1.00 e. The van der Waals surface area contributed by atoms with E-state index in [9.17, 15) is 0 Å². The molecule has 0 saturated heterocycles. The van der Waals surface area contributed by atoms with Gasteiger partial charge in [0.05, 0.1) is 0 Å². The van der Waals surface area contributed by atoms with Crippen LogP contribution in [0.3, 0.4) is 0 Å². The molecule has 0 rings (SSSR count). The van der Waals surface area contributed by atoms with E-state index in [-0.39, 0.29) is 81.6 Å². The van der Waals surface area contributed by atoms with Gasteiger partial charge in [-0.25, -0.2) is 0 Å². The molecule has 7 heavy (non-hydrogen) atoms. The maximum atomic E-state index is 0. The summed E-state index contributed by atoms with van der Waals surface area (Å²) in [5, 5.41) is 0. The van der Waals surface area contributed by atoms with E-state index in [4.69, 9.17) is 0 Å². The van der Waals surface area contributed by atoms with Crippen LogP contribution < -0.4 is 49.6 Å². The summed E-state index contributed by atoms with van der Waals surface area (Å²) in [7, 11) is 0. The van der Waals surface area contributed by atoms with Crippen molar-refractivity contribution in [1.29, 1.82) is 0 Å². The zero-order valence-electron chi connectivity index (χ0n) is 2.92. The first-order valence-electron chi connectivity index (χ1n) is 0. The average molecular weight is 274 g/mol. The van der Waals surface area contributed by atoms with Crippen LogP contribution in [0.5, 0.6) is 0 Å². The number of hydrogen-bond acceptors (Lipinski definition) is 0. The molecule has 0 amide bonds. The molecule has 4 N–H and O–H groups in total. The standard InChI is InChI=1S/4ClH.Mo.2H2O/h4*1H;;2*1H2/q;;;;+2;;/p-4. The molecular weight excluding hydrogens is 270 g/mol. The van der Waals surface area contributed by atoms with Crippen molar-refractivity contribution in [3.05, 3.63) is 0 Å². The summed E-state index contributed by atoms with van der Waals surface area (Å²) in [6, 6.07) is 0. The SMILES string of the molecule is O.O.[Cl-].[Cl-].[Cl-].[Cl-].[Mo+2]. The quantitative estimate of drug-likeness (QED) is 0.394. The Hall–Kier alpha value is 1.77. The Bertz CT molecular complexity index is 9.65. The zero-order chi connectivity index (χ0) is 0. The van der Waals surface area contributed by atoms with E-state index < -0.39 is 0 Å². The van der Waals surface area contributed by atoms with Crippen molar-refractivity contribution in [2.24, 2.45) is 0 Å². The predicted octanol–water partition coefficient (Wildman–Crippen LogP) is -13.6. The number of hydrogen-bond donors (Lipinski definition) is 0.